The highest BCUT2D eigenvalue weighted by atomic mass is 32.2. The Morgan fingerprint density at radius 3 is 2.52 bits per heavy atom. The fourth-order valence-corrected chi connectivity index (χ4v) is 2.70. The Bertz CT molecular complexity index is 750. The van der Waals surface area contributed by atoms with Crippen LogP contribution in [0.2, 0.25) is 0 Å². The first-order valence-electron chi connectivity index (χ1n) is 7.54. The van der Waals surface area contributed by atoms with E-state index in [0.717, 1.165) is 4.90 Å². The standard InChI is InChI=1S/C18H17F2NO3S/c1-12-2-5-14(10-16(12)20)21-17(22)11-24-18(23)8-9-25-15-6-3-13(19)4-7-15/h2-7,10H,8-9,11H2,1H3,(H,21,22). The molecule has 0 radical (unpaired) electrons. The summed E-state index contributed by atoms with van der Waals surface area (Å²) in [7, 11) is 0. The van der Waals surface area contributed by atoms with E-state index in [4.69, 9.17) is 4.74 Å². The van der Waals surface area contributed by atoms with Crippen LogP contribution in [-0.2, 0) is 14.3 Å². The van der Waals surface area contributed by atoms with Crippen LogP contribution in [0.5, 0.6) is 0 Å². The van der Waals surface area contributed by atoms with Crippen molar-refractivity contribution in [3.63, 3.8) is 0 Å². The number of thioether (sulfide) groups is 1. The first-order valence-corrected chi connectivity index (χ1v) is 8.52. The largest absolute Gasteiger partial charge is 0.456 e. The molecule has 7 heteroatoms. The summed E-state index contributed by atoms with van der Waals surface area (Å²) in [6.07, 6.45) is 0.120. The number of amides is 1. The molecule has 1 amide bonds. The van der Waals surface area contributed by atoms with Gasteiger partial charge in [-0.2, -0.15) is 0 Å². The van der Waals surface area contributed by atoms with Gasteiger partial charge in [0.15, 0.2) is 6.61 Å². The summed E-state index contributed by atoms with van der Waals surface area (Å²) in [5, 5.41) is 2.46. The minimum Gasteiger partial charge on any atom is -0.456 e. The van der Waals surface area contributed by atoms with Crippen molar-refractivity contribution in [3.05, 3.63) is 59.7 Å². The van der Waals surface area contributed by atoms with Gasteiger partial charge in [-0.1, -0.05) is 6.07 Å². The molecule has 2 aromatic rings. The van der Waals surface area contributed by atoms with Gasteiger partial charge >= 0.3 is 5.97 Å². The average molecular weight is 365 g/mol. The first kappa shape index (κ1) is 18.9. The normalized spacial score (nSPS) is 10.4. The molecule has 0 atom stereocenters. The molecule has 132 valence electrons. The number of anilines is 1. The molecule has 1 N–H and O–H groups in total. The lowest BCUT2D eigenvalue weighted by Gasteiger charge is -2.07. The number of nitrogens with one attached hydrogen (secondary N) is 1. The van der Waals surface area contributed by atoms with E-state index in [0.29, 0.717) is 17.0 Å². The molecule has 0 saturated carbocycles. The summed E-state index contributed by atoms with van der Waals surface area (Å²) >= 11 is 1.39. The predicted octanol–water partition coefficient (Wildman–Crippen LogP) is 3.94. The van der Waals surface area contributed by atoms with E-state index in [2.05, 4.69) is 5.32 Å². The lowest BCUT2D eigenvalue weighted by atomic mass is 10.2. The summed E-state index contributed by atoms with van der Waals surface area (Å²) in [4.78, 5) is 24.1. The fraction of sp³-hybridized carbons (Fsp3) is 0.222. The Kier molecular flexibility index (Phi) is 6.94. The summed E-state index contributed by atoms with van der Waals surface area (Å²) in [5.41, 5.74) is 0.777. The molecule has 4 nitrogen and oxygen atoms in total. The van der Waals surface area contributed by atoms with Crippen molar-refractivity contribution in [1.82, 2.24) is 0 Å². The molecular formula is C18H17F2NO3S. The zero-order chi connectivity index (χ0) is 18.2. The highest BCUT2D eigenvalue weighted by molar-refractivity contribution is 7.99. The zero-order valence-corrected chi connectivity index (χ0v) is 14.4. The van der Waals surface area contributed by atoms with Crippen LogP contribution in [0.1, 0.15) is 12.0 Å². The number of carbonyl (C=O) groups is 2. The molecule has 0 spiro atoms. The van der Waals surface area contributed by atoms with Gasteiger partial charge in [-0.15, -0.1) is 11.8 Å². The second kappa shape index (κ2) is 9.17. The molecule has 25 heavy (non-hydrogen) atoms. The lowest BCUT2D eigenvalue weighted by molar-refractivity contribution is -0.146. The monoisotopic (exact) mass is 365 g/mol. The number of esters is 1. The Hall–Kier alpha value is -2.41. The molecule has 0 aliphatic rings. The van der Waals surface area contributed by atoms with Crippen LogP contribution >= 0.6 is 11.8 Å². The van der Waals surface area contributed by atoms with E-state index in [9.17, 15) is 18.4 Å². The summed E-state index contributed by atoms with van der Waals surface area (Å²) in [5.74, 6) is -1.34. The van der Waals surface area contributed by atoms with Crippen LogP contribution in [-0.4, -0.2) is 24.2 Å². The number of hydrogen-bond donors (Lipinski definition) is 1. The molecule has 0 saturated heterocycles. The van der Waals surface area contributed by atoms with Gasteiger partial charge in [0.25, 0.3) is 5.91 Å². The Morgan fingerprint density at radius 1 is 1.12 bits per heavy atom. The minimum absolute atomic E-state index is 0.120. The van der Waals surface area contributed by atoms with Crippen molar-refractivity contribution in [3.8, 4) is 0 Å². The number of hydrogen-bond acceptors (Lipinski definition) is 4. The molecule has 0 aromatic heterocycles. The average Bonchev–Trinajstić information content (AvgIpc) is 2.58. The molecular weight excluding hydrogens is 348 g/mol. The van der Waals surface area contributed by atoms with Gasteiger partial charge < -0.3 is 10.1 Å². The summed E-state index contributed by atoms with van der Waals surface area (Å²) in [6.45, 7) is 1.18. The van der Waals surface area contributed by atoms with Crippen LogP contribution < -0.4 is 5.32 Å². The maximum absolute atomic E-state index is 13.4. The van der Waals surface area contributed by atoms with E-state index < -0.39 is 24.3 Å². The second-order valence-corrected chi connectivity index (χ2v) is 6.39. The number of aryl methyl sites for hydroxylation is 1. The van der Waals surface area contributed by atoms with Gasteiger partial charge in [-0.3, -0.25) is 9.59 Å². The van der Waals surface area contributed by atoms with Crippen molar-refractivity contribution in [2.75, 3.05) is 17.7 Å². The number of carbonyl (C=O) groups excluding carboxylic acids is 2. The van der Waals surface area contributed by atoms with Crippen LogP contribution in [0.15, 0.2) is 47.4 Å². The van der Waals surface area contributed by atoms with Crippen LogP contribution in [0.4, 0.5) is 14.5 Å². The lowest BCUT2D eigenvalue weighted by Crippen LogP contribution is -2.21. The number of ether oxygens (including phenoxy) is 1. The van der Waals surface area contributed by atoms with Gasteiger partial charge in [-0.25, -0.2) is 8.78 Å². The van der Waals surface area contributed by atoms with E-state index in [-0.39, 0.29) is 12.2 Å². The van der Waals surface area contributed by atoms with E-state index >= 15 is 0 Å². The summed E-state index contributed by atoms with van der Waals surface area (Å²) in [6, 6.07) is 10.3. The number of benzene rings is 2. The Morgan fingerprint density at radius 2 is 1.84 bits per heavy atom. The van der Waals surface area contributed by atoms with Crippen LogP contribution in [0.25, 0.3) is 0 Å². The van der Waals surface area contributed by atoms with Crippen LogP contribution in [0.3, 0.4) is 0 Å². The van der Waals surface area contributed by atoms with Crippen molar-refractivity contribution >= 4 is 29.3 Å². The van der Waals surface area contributed by atoms with Crippen molar-refractivity contribution in [1.29, 1.82) is 0 Å². The molecule has 0 unspecified atom stereocenters. The van der Waals surface area contributed by atoms with Gasteiger partial charge in [0.05, 0.1) is 6.42 Å². The minimum atomic E-state index is -0.539. The molecule has 0 fully saturated rings. The molecule has 0 heterocycles. The fourth-order valence-electron chi connectivity index (χ4n) is 1.87. The van der Waals surface area contributed by atoms with Gasteiger partial charge in [-0.05, 0) is 48.9 Å². The number of halogens is 2. The second-order valence-electron chi connectivity index (χ2n) is 5.23. The smallest absolute Gasteiger partial charge is 0.307 e. The molecule has 2 rings (SSSR count). The van der Waals surface area contributed by atoms with Gasteiger partial charge in [0, 0.05) is 16.3 Å². The Balaban J connectivity index is 1.67. The van der Waals surface area contributed by atoms with Gasteiger partial charge in [0.1, 0.15) is 11.6 Å². The third-order valence-corrected chi connectivity index (χ3v) is 4.22. The molecule has 0 aliphatic carbocycles. The topological polar surface area (TPSA) is 55.4 Å². The quantitative estimate of drug-likeness (QED) is 0.597. The third kappa shape index (κ3) is 6.54. The van der Waals surface area contributed by atoms with E-state index in [1.165, 1.54) is 30.0 Å². The molecule has 0 bridgehead atoms. The summed E-state index contributed by atoms with van der Waals surface area (Å²) < 4.78 is 31.0. The Labute approximate surface area is 148 Å². The van der Waals surface area contributed by atoms with E-state index in [1.54, 1.807) is 31.2 Å². The highest BCUT2D eigenvalue weighted by Gasteiger charge is 2.09. The van der Waals surface area contributed by atoms with Crippen molar-refractivity contribution in [2.24, 2.45) is 0 Å². The highest BCUT2D eigenvalue weighted by Crippen LogP contribution is 2.19. The zero-order valence-electron chi connectivity index (χ0n) is 13.6. The van der Waals surface area contributed by atoms with Crippen molar-refractivity contribution < 1.29 is 23.1 Å². The van der Waals surface area contributed by atoms with Gasteiger partial charge in [0.2, 0.25) is 0 Å². The SMILES string of the molecule is Cc1ccc(NC(=O)COC(=O)CCSc2ccc(F)cc2)cc1F. The van der Waals surface area contributed by atoms with E-state index in [1.807, 2.05) is 0 Å². The first-order chi connectivity index (χ1) is 11.9. The number of rotatable bonds is 7. The maximum atomic E-state index is 13.4. The predicted molar refractivity (Wildman–Crippen MR) is 92.5 cm³/mol. The molecule has 0 aliphatic heterocycles. The molecule has 2 aromatic carbocycles. The third-order valence-electron chi connectivity index (χ3n) is 3.21. The van der Waals surface area contributed by atoms with Crippen molar-refractivity contribution in [2.45, 2.75) is 18.2 Å². The van der Waals surface area contributed by atoms with Crippen LogP contribution in [0, 0.1) is 18.6 Å². The maximum Gasteiger partial charge on any atom is 0.307 e.